The van der Waals surface area contributed by atoms with E-state index in [0.717, 1.165) is 17.7 Å². The number of amides is 1. The molecule has 146 valence electrons. The molecule has 2 aromatic carbocycles. The van der Waals surface area contributed by atoms with Crippen molar-refractivity contribution < 1.29 is 14.3 Å². The SMILES string of the molecule is COCCNCCNC(=O)c1ccccc1C(=O)c1cc(C)ccc1C.Cl. The van der Waals surface area contributed by atoms with E-state index in [0.29, 0.717) is 36.4 Å². The molecule has 6 heteroatoms. The van der Waals surface area contributed by atoms with E-state index in [2.05, 4.69) is 10.6 Å². The van der Waals surface area contributed by atoms with Gasteiger partial charge in [0.15, 0.2) is 5.78 Å². The standard InChI is InChI=1S/C21H26N2O3.ClH/c1-15-8-9-16(2)19(14-15)20(24)17-6-4-5-7-18(17)21(25)23-11-10-22-12-13-26-3;/h4-9,14,22H,10-13H2,1-3H3,(H,23,25);1H. The first-order valence-electron chi connectivity index (χ1n) is 8.73. The normalized spacial score (nSPS) is 10.2. The van der Waals surface area contributed by atoms with Gasteiger partial charge in [0.1, 0.15) is 0 Å². The molecule has 0 aromatic heterocycles. The highest BCUT2D eigenvalue weighted by molar-refractivity contribution is 6.15. The fourth-order valence-corrected chi connectivity index (χ4v) is 2.66. The molecule has 0 fully saturated rings. The Morgan fingerprint density at radius 1 is 0.926 bits per heavy atom. The molecule has 0 radical (unpaired) electrons. The van der Waals surface area contributed by atoms with Crippen LogP contribution in [0.1, 0.15) is 37.4 Å². The molecule has 2 rings (SSSR count). The zero-order chi connectivity index (χ0) is 18.9. The number of nitrogens with one attached hydrogen (secondary N) is 2. The highest BCUT2D eigenvalue weighted by Crippen LogP contribution is 2.19. The lowest BCUT2D eigenvalue weighted by Gasteiger charge is -2.12. The van der Waals surface area contributed by atoms with Crippen LogP contribution in [0.15, 0.2) is 42.5 Å². The molecular weight excluding hydrogens is 364 g/mol. The highest BCUT2D eigenvalue weighted by Gasteiger charge is 2.19. The Labute approximate surface area is 166 Å². The Balaban J connectivity index is 0.00000364. The van der Waals surface area contributed by atoms with E-state index in [4.69, 9.17) is 4.74 Å². The Hall–Kier alpha value is -2.21. The summed E-state index contributed by atoms with van der Waals surface area (Å²) in [5.41, 5.74) is 3.37. The number of hydrogen-bond acceptors (Lipinski definition) is 4. The number of benzene rings is 2. The predicted molar refractivity (Wildman–Crippen MR) is 110 cm³/mol. The molecule has 0 aliphatic carbocycles. The van der Waals surface area contributed by atoms with Crippen molar-refractivity contribution in [2.45, 2.75) is 13.8 Å². The van der Waals surface area contributed by atoms with Crippen molar-refractivity contribution in [3.05, 3.63) is 70.3 Å². The third-order valence-electron chi connectivity index (χ3n) is 4.12. The molecule has 0 saturated carbocycles. The molecular formula is C21H27ClN2O3. The van der Waals surface area contributed by atoms with E-state index >= 15 is 0 Å². The monoisotopic (exact) mass is 390 g/mol. The molecule has 0 unspecified atom stereocenters. The lowest BCUT2D eigenvalue weighted by Crippen LogP contribution is -2.33. The minimum absolute atomic E-state index is 0. The quantitative estimate of drug-likeness (QED) is 0.510. The number of hydrogen-bond donors (Lipinski definition) is 2. The lowest BCUT2D eigenvalue weighted by molar-refractivity contribution is 0.0942. The Bertz CT molecular complexity index is 778. The van der Waals surface area contributed by atoms with Crippen molar-refractivity contribution in [2.24, 2.45) is 0 Å². The number of carbonyl (C=O) groups is 2. The fourth-order valence-electron chi connectivity index (χ4n) is 2.66. The van der Waals surface area contributed by atoms with Crippen molar-refractivity contribution >= 4 is 24.1 Å². The van der Waals surface area contributed by atoms with Crippen LogP contribution in [0.5, 0.6) is 0 Å². The third kappa shape index (κ3) is 6.47. The third-order valence-corrected chi connectivity index (χ3v) is 4.12. The van der Waals surface area contributed by atoms with Gasteiger partial charge in [-0.3, -0.25) is 9.59 Å². The second-order valence-electron chi connectivity index (χ2n) is 6.19. The molecule has 27 heavy (non-hydrogen) atoms. The molecule has 0 spiro atoms. The van der Waals surface area contributed by atoms with Crippen molar-refractivity contribution in [1.82, 2.24) is 10.6 Å². The van der Waals surface area contributed by atoms with E-state index < -0.39 is 0 Å². The van der Waals surface area contributed by atoms with Gasteiger partial charge in [-0.25, -0.2) is 0 Å². The van der Waals surface area contributed by atoms with E-state index in [-0.39, 0.29) is 24.1 Å². The topological polar surface area (TPSA) is 67.4 Å². The number of ketones is 1. The summed E-state index contributed by atoms with van der Waals surface area (Å²) in [5.74, 6) is -0.372. The molecule has 2 N–H and O–H groups in total. The second kappa shape index (κ2) is 11.5. The first kappa shape index (κ1) is 22.8. The van der Waals surface area contributed by atoms with E-state index in [1.807, 2.05) is 32.0 Å². The first-order chi connectivity index (χ1) is 12.5. The van der Waals surface area contributed by atoms with Gasteiger partial charge in [0.25, 0.3) is 5.91 Å². The van der Waals surface area contributed by atoms with Gasteiger partial charge in [-0.15, -0.1) is 12.4 Å². The summed E-state index contributed by atoms with van der Waals surface area (Å²) in [5, 5.41) is 6.02. The first-order valence-corrected chi connectivity index (χ1v) is 8.73. The van der Waals surface area contributed by atoms with Crippen LogP contribution in [0, 0.1) is 13.8 Å². The molecule has 0 aliphatic heterocycles. The van der Waals surface area contributed by atoms with Crippen LogP contribution in [0.2, 0.25) is 0 Å². The molecule has 0 heterocycles. The maximum atomic E-state index is 13.0. The summed E-state index contributed by atoms with van der Waals surface area (Å²) in [6.45, 7) is 6.33. The maximum Gasteiger partial charge on any atom is 0.252 e. The van der Waals surface area contributed by atoms with Crippen LogP contribution in [0.3, 0.4) is 0 Å². The van der Waals surface area contributed by atoms with Gasteiger partial charge in [0.05, 0.1) is 12.2 Å². The van der Waals surface area contributed by atoms with Crippen LogP contribution < -0.4 is 10.6 Å². The van der Waals surface area contributed by atoms with E-state index in [9.17, 15) is 9.59 Å². The van der Waals surface area contributed by atoms with Gasteiger partial charge < -0.3 is 15.4 Å². The van der Waals surface area contributed by atoms with Gasteiger partial charge in [-0.05, 0) is 31.5 Å². The molecule has 0 aliphatic rings. The van der Waals surface area contributed by atoms with Gasteiger partial charge >= 0.3 is 0 Å². The van der Waals surface area contributed by atoms with Gasteiger partial charge in [-0.2, -0.15) is 0 Å². The molecule has 5 nitrogen and oxygen atoms in total. The zero-order valence-electron chi connectivity index (χ0n) is 16.0. The van der Waals surface area contributed by atoms with Crippen molar-refractivity contribution in [1.29, 1.82) is 0 Å². The lowest BCUT2D eigenvalue weighted by atomic mass is 9.94. The number of aryl methyl sites for hydroxylation is 2. The van der Waals surface area contributed by atoms with Crippen LogP contribution in [0.4, 0.5) is 0 Å². The summed E-state index contributed by atoms with van der Waals surface area (Å²) < 4.78 is 4.95. The summed E-state index contributed by atoms with van der Waals surface area (Å²) in [6.07, 6.45) is 0. The summed E-state index contributed by atoms with van der Waals surface area (Å²) >= 11 is 0. The largest absolute Gasteiger partial charge is 0.383 e. The molecule has 1 amide bonds. The Morgan fingerprint density at radius 3 is 2.33 bits per heavy atom. The molecule has 2 aromatic rings. The summed E-state index contributed by atoms with van der Waals surface area (Å²) in [7, 11) is 1.65. The van der Waals surface area contributed by atoms with Gasteiger partial charge in [-0.1, -0.05) is 35.9 Å². The number of ether oxygens (including phenoxy) is 1. The average molecular weight is 391 g/mol. The average Bonchev–Trinajstić information content (AvgIpc) is 2.65. The van der Waals surface area contributed by atoms with Crippen LogP contribution >= 0.6 is 12.4 Å². The van der Waals surface area contributed by atoms with Crippen molar-refractivity contribution in [3.63, 3.8) is 0 Å². The molecule has 0 atom stereocenters. The van der Waals surface area contributed by atoms with E-state index in [1.165, 1.54) is 0 Å². The van der Waals surface area contributed by atoms with Crippen LogP contribution in [-0.2, 0) is 4.74 Å². The number of halogens is 1. The predicted octanol–water partition coefficient (Wildman–Crippen LogP) is 2.92. The highest BCUT2D eigenvalue weighted by atomic mass is 35.5. The minimum Gasteiger partial charge on any atom is -0.383 e. The van der Waals surface area contributed by atoms with Crippen molar-refractivity contribution in [3.8, 4) is 0 Å². The second-order valence-corrected chi connectivity index (χ2v) is 6.19. The summed E-state index contributed by atoms with van der Waals surface area (Å²) in [4.78, 5) is 25.5. The summed E-state index contributed by atoms with van der Waals surface area (Å²) in [6, 6.07) is 12.7. The van der Waals surface area contributed by atoms with Crippen LogP contribution in [0.25, 0.3) is 0 Å². The fraction of sp³-hybridized carbons (Fsp3) is 0.333. The Kier molecular flexibility index (Phi) is 9.72. The maximum absolute atomic E-state index is 13.0. The van der Waals surface area contributed by atoms with Gasteiger partial charge in [0.2, 0.25) is 0 Å². The number of methoxy groups -OCH3 is 1. The molecule has 0 saturated heterocycles. The smallest absolute Gasteiger partial charge is 0.252 e. The molecule has 0 bridgehead atoms. The van der Waals surface area contributed by atoms with E-state index in [1.54, 1.807) is 31.4 Å². The van der Waals surface area contributed by atoms with Gasteiger partial charge in [0, 0.05) is 37.9 Å². The van der Waals surface area contributed by atoms with Crippen molar-refractivity contribution in [2.75, 3.05) is 33.4 Å². The minimum atomic E-state index is -0.243. The zero-order valence-corrected chi connectivity index (χ0v) is 16.8. The number of carbonyl (C=O) groups excluding carboxylic acids is 2. The Morgan fingerprint density at radius 2 is 1.63 bits per heavy atom. The van der Waals surface area contributed by atoms with Crippen LogP contribution in [-0.4, -0.2) is 45.0 Å². The number of rotatable bonds is 9.